The van der Waals surface area contributed by atoms with Gasteiger partial charge in [0, 0.05) is 18.5 Å². The van der Waals surface area contributed by atoms with Gasteiger partial charge in [0.2, 0.25) is 11.8 Å². The molecule has 1 unspecified atom stereocenters. The molecule has 1 saturated carbocycles. The Bertz CT molecular complexity index is 969. The molecule has 0 radical (unpaired) electrons. The number of imide groups is 1. The number of piperidine rings is 1. The molecule has 1 aliphatic carbocycles. The van der Waals surface area contributed by atoms with Crippen molar-refractivity contribution in [2.24, 2.45) is 0 Å². The van der Waals surface area contributed by atoms with Gasteiger partial charge < -0.3 is 19.7 Å². The molecule has 0 aromatic heterocycles. The fourth-order valence-electron chi connectivity index (χ4n) is 4.66. The Morgan fingerprint density at radius 3 is 2.61 bits per heavy atom. The van der Waals surface area contributed by atoms with Crippen LogP contribution in [0.15, 0.2) is 18.2 Å². The number of benzene rings is 1. The van der Waals surface area contributed by atoms with Crippen molar-refractivity contribution in [3.8, 4) is 5.75 Å². The Balaban J connectivity index is 1.43. The number of rotatable bonds is 4. The number of amides is 4. The van der Waals surface area contributed by atoms with E-state index in [-0.39, 0.29) is 30.4 Å². The second-order valence-electron chi connectivity index (χ2n) is 9.91. The summed E-state index contributed by atoms with van der Waals surface area (Å²) in [6.07, 6.45) is 3.50. The van der Waals surface area contributed by atoms with Crippen molar-refractivity contribution in [2.75, 3.05) is 0 Å². The maximum absolute atomic E-state index is 12.9. The maximum atomic E-state index is 12.9. The minimum Gasteiger partial charge on any atom is -0.488 e. The molecular formula is C24H31N3O6. The number of carbonyl (C=O) groups is 4. The Labute approximate surface area is 193 Å². The van der Waals surface area contributed by atoms with Gasteiger partial charge in [-0.3, -0.25) is 19.7 Å². The summed E-state index contributed by atoms with van der Waals surface area (Å²) in [6.45, 7) is 5.77. The summed E-state index contributed by atoms with van der Waals surface area (Å²) >= 11 is 0. The SMILES string of the molecule is CC(C)(C)OC(=O)N[C@H]1CCCC[C@@H]1Oc1ccc2c(c1)CN(C1CCC(=O)NC1=O)C2=O. The van der Waals surface area contributed by atoms with Gasteiger partial charge in [-0.05, 0) is 70.2 Å². The minimum absolute atomic E-state index is 0.163. The highest BCUT2D eigenvalue weighted by Crippen LogP contribution is 2.32. The standard InChI is InChI=1S/C24H31N3O6/c1-24(2,3)33-23(31)25-17-6-4-5-7-19(17)32-15-8-9-16-14(12-15)13-27(22(16)30)18-10-11-20(28)26-21(18)29/h8-9,12,17-19H,4-7,10-11,13H2,1-3H3,(H,25,31)(H,26,28,29)/t17-,18?,19-/m0/s1. The van der Waals surface area contributed by atoms with Crippen molar-refractivity contribution in [3.05, 3.63) is 29.3 Å². The molecule has 3 atom stereocenters. The molecule has 4 amide bonds. The Morgan fingerprint density at radius 1 is 1.12 bits per heavy atom. The van der Waals surface area contributed by atoms with Gasteiger partial charge in [-0.15, -0.1) is 0 Å². The lowest BCUT2D eigenvalue weighted by Gasteiger charge is -2.33. The van der Waals surface area contributed by atoms with Gasteiger partial charge in [-0.2, -0.15) is 0 Å². The largest absolute Gasteiger partial charge is 0.488 e. The summed E-state index contributed by atoms with van der Waals surface area (Å²) in [5.74, 6) is -0.331. The van der Waals surface area contributed by atoms with E-state index >= 15 is 0 Å². The lowest BCUT2D eigenvalue weighted by atomic mass is 9.92. The van der Waals surface area contributed by atoms with E-state index in [0.29, 0.717) is 24.3 Å². The van der Waals surface area contributed by atoms with Crippen molar-refractivity contribution in [1.82, 2.24) is 15.5 Å². The number of nitrogens with zero attached hydrogens (tertiary/aromatic N) is 1. The number of ether oxygens (including phenoxy) is 2. The molecule has 3 aliphatic rings. The molecule has 0 bridgehead atoms. The first-order valence-electron chi connectivity index (χ1n) is 11.5. The van der Waals surface area contributed by atoms with Crippen LogP contribution in [0.4, 0.5) is 4.79 Å². The third kappa shape index (κ3) is 5.29. The van der Waals surface area contributed by atoms with Crippen LogP contribution in [0.2, 0.25) is 0 Å². The molecule has 178 valence electrons. The summed E-state index contributed by atoms with van der Waals surface area (Å²) in [5, 5.41) is 5.26. The number of hydrogen-bond acceptors (Lipinski definition) is 6. The highest BCUT2D eigenvalue weighted by atomic mass is 16.6. The van der Waals surface area contributed by atoms with Crippen molar-refractivity contribution in [1.29, 1.82) is 0 Å². The minimum atomic E-state index is -0.646. The van der Waals surface area contributed by atoms with E-state index in [1.807, 2.05) is 26.8 Å². The summed E-state index contributed by atoms with van der Waals surface area (Å²) in [6, 6.07) is 4.50. The smallest absolute Gasteiger partial charge is 0.408 e. The Morgan fingerprint density at radius 2 is 1.88 bits per heavy atom. The van der Waals surface area contributed by atoms with Crippen LogP contribution in [-0.2, 0) is 20.9 Å². The molecule has 33 heavy (non-hydrogen) atoms. The van der Waals surface area contributed by atoms with E-state index in [1.54, 1.807) is 12.1 Å². The van der Waals surface area contributed by atoms with E-state index in [9.17, 15) is 19.2 Å². The number of alkyl carbamates (subject to hydrolysis) is 1. The predicted octanol–water partition coefficient (Wildman–Crippen LogP) is 2.66. The summed E-state index contributed by atoms with van der Waals surface area (Å²) < 4.78 is 11.6. The molecule has 9 nitrogen and oxygen atoms in total. The zero-order valence-corrected chi connectivity index (χ0v) is 19.3. The first-order chi connectivity index (χ1) is 15.6. The first kappa shape index (κ1) is 23.1. The van der Waals surface area contributed by atoms with Gasteiger partial charge in [0.15, 0.2) is 0 Å². The van der Waals surface area contributed by atoms with Crippen LogP contribution in [0.25, 0.3) is 0 Å². The van der Waals surface area contributed by atoms with E-state index in [1.165, 1.54) is 4.90 Å². The van der Waals surface area contributed by atoms with Gasteiger partial charge >= 0.3 is 6.09 Å². The normalized spacial score (nSPS) is 25.4. The third-order valence-corrected chi connectivity index (χ3v) is 6.19. The monoisotopic (exact) mass is 457 g/mol. The molecule has 9 heteroatoms. The lowest BCUT2D eigenvalue weighted by Crippen LogP contribution is -2.52. The molecule has 2 heterocycles. The van der Waals surface area contributed by atoms with Crippen LogP contribution >= 0.6 is 0 Å². The zero-order valence-electron chi connectivity index (χ0n) is 19.3. The highest BCUT2D eigenvalue weighted by Gasteiger charge is 2.39. The van der Waals surface area contributed by atoms with Gasteiger partial charge in [-0.1, -0.05) is 6.42 Å². The predicted molar refractivity (Wildman–Crippen MR) is 119 cm³/mol. The molecule has 1 aromatic rings. The average molecular weight is 458 g/mol. The quantitative estimate of drug-likeness (QED) is 0.672. The molecular weight excluding hydrogens is 426 g/mol. The van der Waals surface area contributed by atoms with Gasteiger partial charge in [-0.25, -0.2) is 4.79 Å². The number of nitrogens with one attached hydrogen (secondary N) is 2. The molecule has 1 aromatic carbocycles. The van der Waals surface area contributed by atoms with Crippen molar-refractivity contribution in [3.63, 3.8) is 0 Å². The van der Waals surface area contributed by atoms with Crippen molar-refractivity contribution in [2.45, 2.75) is 89.6 Å². The molecule has 1 saturated heterocycles. The number of fused-ring (bicyclic) bond motifs is 1. The Kier molecular flexibility index (Phi) is 6.32. The number of carbonyl (C=O) groups excluding carboxylic acids is 4. The third-order valence-electron chi connectivity index (χ3n) is 6.19. The molecule has 2 N–H and O–H groups in total. The van der Waals surface area contributed by atoms with Gasteiger partial charge in [0.25, 0.3) is 5.91 Å². The van der Waals surface area contributed by atoms with Crippen LogP contribution in [0.3, 0.4) is 0 Å². The van der Waals surface area contributed by atoms with Crippen molar-refractivity contribution < 1.29 is 28.7 Å². The van der Waals surface area contributed by atoms with E-state index in [4.69, 9.17) is 9.47 Å². The van der Waals surface area contributed by atoms with E-state index < -0.39 is 23.6 Å². The summed E-state index contributed by atoms with van der Waals surface area (Å²) in [4.78, 5) is 50.3. The van der Waals surface area contributed by atoms with Crippen LogP contribution in [0.1, 0.15) is 75.2 Å². The van der Waals surface area contributed by atoms with Crippen LogP contribution in [0.5, 0.6) is 5.75 Å². The molecule has 2 aliphatic heterocycles. The molecule has 4 rings (SSSR count). The van der Waals surface area contributed by atoms with Crippen molar-refractivity contribution >= 4 is 23.8 Å². The van der Waals surface area contributed by atoms with Crippen LogP contribution in [-0.4, -0.2) is 52.5 Å². The average Bonchev–Trinajstić information content (AvgIpc) is 3.04. The van der Waals surface area contributed by atoms with Gasteiger partial charge in [0.05, 0.1) is 6.04 Å². The molecule has 0 spiro atoms. The fourth-order valence-corrected chi connectivity index (χ4v) is 4.66. The topological polar surface area (TPSA) is 114 Å². The first-order valence-corrected chi connectivity index (χ1v) is 11.5. The summed E-state index contributed by atoms with van der Waals surface area (Å²) in [5.41, 5.74) is 0.754. The van der Waals surface area contributed by atoms with Gasteiger partial charge in [0.1, 0.15) is 23.5 Å². The molecule has 2 fully saturated rings. The Hall–Kier alpha value is -3.10. The van der Waals surface area contributed by atoms with Crippen LogP contribution in [0, 0.1) is 0 Å². The van der Waals surface area contributed by atoms with Crippen LogP contribution < -0.4 is 15.4 Å². The second-order valence-corrected chi connectivity index (χ2v) is 9.91. The zero-order chi connectivity index (χ0) is 23.8. The fraction of sp³-hybridized carbons (Fsp3) is 0.583. The highest BCUT2D eigenvalue weighted by molar-refractivity contribution is 6.05. The van der Waals surface area contributed by atoms with E-state index in [0.717, 1.165) is 31.2 Å². The summed E-state index contributed by atoms with van der Waals surface area (Å²) in [7, 11) is 0. The van der Waals surface area contributed by atoms with E-state index in [2.05, 4.69) is 10.6 Å². The lowest BCUT2D eigenvalue weighted by molar-refractivity contribution is -0.136. The number of hydrogen-bond donors (Lipinski definition) is 2. The maximum Gasteiger partial charge on any atom is 0.408 e. The second kappa shape index (κ2) is 9.03.